The van der Waals surface area contributed by atoms with E-state index in [4.69, 9.17) is 10.6 Å². The van der Waals surface area contributed by atoms with Crippen LogP contribution in [0.4, 0.5) is 0 Å². The normalized spacial score (nSPS) is 19.3. The third kappa shape index (κ3) is 3.94. The minimum atomic E-state index is -0.266. The van der Waals surface area contributed by atoms with E-state index in [-0.39, 0.29) is 11.9 Å². The predicted octanol–water partition coefficient (Wildman–Crippen LogP) is 0.646. The Balaban J connectivity index is 2.68. The van der Waals surface area contributed by atoms with E-state index in [9.17, 15) is 4.79 Å². The number of ether oxygens (including phenoxy) is 1. The fourth-order valence-electron chi connectivity index (χ4n) is 2.72. The SMILES string of the molecule is CCN(C1CCCCC1)C(COC)C(=O)NN. The average molecular weight is 243 g/mol. The van der Waals surface area contributed by atoms with E-state index in [1.54, 1.807) is 7.11 Å². The summed E-state index contributed by atoms with van der Waals surface area (Å²) in [5.41, 5.74) is 2.24. The van der Waals surface area contributed by atoms with Crippen molar-refractivity contribution >= 4 is 5.91 Å². The molecule has 1 amide bonds. The number of hydrazine groups is 1. The minimum absolute atomic E-state index is 0.153. The van der Waals surface area contributed by atoms with Gasteiger partial charge in [-0.3, -0.25) is 15.1 Å². The number of carbonyl (C=O) groups is 1. The fourth-order valence-corrected chi connectivity index (χ4v) is 2.72. The summed E-state index contributed by atoms with van der Waals surface area (Å²) >= 11 is 0. The highest BCUT2D eigenvalue weighted by Crippen LogP contribution is 2.24. The zero-order valence-electron chi connectivity index (χ0n) is 10.9. The predicted molar refractivity (Wildman–Crippen MR) is 67.2 cm³/mol. The Morgan fingerprint density at radius 1 is 1.47 bits per heavy atom. The molecule has 1 rings (SSSR count). The number of nitrogens with zero attached hydrogens (tertiary/aromatic N) is 1. The Morgan fingerprint density at radius 2 is 2.12 bits per heavy atom. The van der Waals surface area contributed by atoms with Gasteiger partial charge in [-0.15, -0.1) is 0 Å². The molecule has 0 aliphatic heterocycles. The molecule has 0 aromatic rings. The van der Waals surface area contributed by atoms with E-state index in [2.05, 4.69) is 17.2 Å². The molecule has 17 heavy (non-hydrogen) atoms. The molecule has 5 heteroatoms. The maximum absolute atomic E-state index is 11.8. The van der Waals surface area contributed by atoms with Gasteiger partial charge in [0.05, 0.1) is 6.61 Å². The van der Waals surface area contributed by atoms with Crippen LogP contribution < -0.4 is 11.3 Å². The second-order valence-electron chi connectivity index (χ2n) is 4.60. The van der Waals surface area contributed by atoms with E-state index >= 15 is 0 Å². The van der Waals surface area contributed by atoms with Gasteiger partial charge in [-0.05, 0) is 19.4 Å². The van der Waals surface area contributed by atoms with Crippen LogP contribution in [-0.2, 0) is 9.53 Å². The van der Waals surface area contributed by atoms with E-state index in [0.717, 1.165) is 6.54 Å². The molecule has 0 bridgehead atoms. The molecule has 100 valence electrons. The van der Waals surface area contributed by atoms with Gasteiger partial charge in [0.2, 0.25) is 0 Å². The molecule has 1 saturated carbocycles. The number of rotatable bonds is 6. The van der Waals surface area contributed by atoms with Crippen LogP contribution in [0.5, 0.6) is 0 Å². The van der Waals surface area contributed by atoms with Crippen molar-refractivity contribution < 1.29 is 9.53 Å². The fraction of sp³-hybridized carbons (Fsp3) is 0.917. The van der Waals surface area contributed by atoms with Crippen molar-refractivity contribution in [2.24, 2.45) is 5.84 Å². The molecule has 0 spiro atoms. The van der Waals surface area contributed by atoms with Crippen LogP contribution in [0, 0.1) is 0 Å². The highest BCUT2D eigenvalue weighted by molar-refractivity contribution is 5.81. The standard InChI is InChI=1S/C12H25N3O2/c1-3-15(10-7-5-4-6-8-10)11(9-17-2)12(16)14-13/h10-11H,3-9,13H2,1-2H3,(H,14,16). The molecule has 1 aliphatic carbocycles. The Morgan fingerprint density at radius 3 is 2.59 bits per heavy atom. The first-order valence-electron chi connectivity index (χ1n) is 6.49. The topological polar surface area (TPSA) is 67.6 Å². The van der Waals surface area contributed by atoms with Crippen LogP contribution in [0.2, 0.25) is 0 Å². The zero-order valence-corrected chi connectivity index (χ0v) is 10.9. The molecular formula is C12H25N3O2. The van der Waals surface area contributed by atoms with Crippen LogP contribution in [0.25, 0.3) is 0 Å². The third-order valence-corrected chi connectivity index (χ3v) is 3.58. The molecule has 0 heterocycles. The van der Waals surface area contributed by atoms with Gasteiger partial charge in [-0.25, -0.2) is 5.84 Å². The number of nitrogens with two attached hydrogens (primary N) is 1. The molecule has 0 aromatic carbocycles. The van der Waals surface area contributed by atoms with Gasteiger partial charge >= 0.3 is 0 Å². The number of methoxy groups -OCH3 is 1. The van der Waals surface area contributed by atoms with Gasteiger partial charge in [0.15, 0.2) is 0 Å². The molecule has 1 aliphatic rings. The van der Waals surface area contributed by atoms with Crippen LogP contribution >= 0.6 is 0 Å². The number of hydrogen-bond acceptors (Lipinski definition) is 4. The first kappa shape index (κ1) is 14.4. The lowest BCUT2D eigenvalue weighted by atomic mass is 9.93. The van der Waals surface area contributed by atoms with Crippen molar-refractivity contribution in [2.45, 2.75) is 51.1 Å². The van der Waals surface area contributed by atoms with Crippen LogP contribution in [-0.4, -0.2) is 43.2 Å². The van der Waals surface area contributed by atoms with Crippen molar-refractivity contribution in [2.75, 3.05) is 20.3 Å². The molecule has 0 aromatic heterocycles. The second-order valence-corrected chi connectivity index (χ2v) is 4.60. The Labute approximate surface area is 104 Å². The summed E-state index contributed by atoms with van der Waals surface area (Å²) in [5.74, 6) is 5.09. The van der Waals surface area contributed by atoms with E-state index in [1.165, 1.54) is 32.1 Å². The summed E-state index contributed by atoms with van der Waals surface area (Å²) in [6.45, 7) is 3.33. The quantitative estimate of drug-likeness (QED) is 0.408. The number of hydrogen-bond donors (Lipinski definition) is 2. The molecule has 0 radical (unpaired) electrons. The minimum Gasteiger partial charge on any atom is -0.383 e. The first-order chi connectivity index (χ1) is 8.24. The van der Waals surface area contributed by atoms with E-state index in [1.807, 2.05) is 0 Å². The van der Waals surface area contributed by atoms with Crippen molar-refractivity contribution in [1.29, 1.82) is 0 Å². The maximum Gasteiger partial charge on any atom is 0.253 e. The largest absolute Gasteiger partial charge is 0.383 e. The highest BCUT2D eigenvalue weighted by atomic mass is 16.5. The number of carbonyl (C=O) groups excluding carboxylic acids is 1. The van der Waals surface area contributed by atoms with Crippen molar-refractivity contribution in [3.8, 4) is 0 Å². The monoisotopic (exact) mass is 243 g/mol. The summed E-state index contributed by atoms with van der Waals surface area (Å²) < 4.78 is 5.14. The smallest absolute Gasteiger partial charge is 0.253 e. The third-order valence-electron chi connectivity index (χ3n) is 3.58. The van der Waals surface area contributed by atoms with Gasteiger partial charge in [-0.2, -0.15) is 0 Å². The van der Waals surface area contributed by atoms with Gasteiger partial charge < -0.3 is 4.74 Å². The molecule has 1 atom stereocenters. The second kappa shape index (κ2) is 7.63. The molecule has 1 unspecified atom stereocenters. The van der Waals surface area contributed by atoms with Gasteiger partial charge in [0.25, 0.3) is 5.91 Å². The lowest BCUT2D eigenvalue weighted by molar-refractivity contribution is -0.130. The van der Waals surface area contributed by atoms with Gasteiger partial charge in [0, 0.05) is 13.2 Å². The summed E-state index contributed by atoms with van der Waals surface area (Å²) in [5, 5.41) is 0. The summed E-state index contributed by atoms with van der Waals surface area (Å²) in [7, 11) is 1.62. The van der Waals surface area contributed by atoms with Gasteiger partial charge in [0.1, 0.15) is 6.04 Å². The molecule has 0 saturated heterocycles. The van der Waals surface area contributed by atoms with E-state index < -0.39 is 0 Å². The van der Waals surface area contributed by atoms with Gasteiger partial charge in [-0.1, -0.05) is 26.2 Å². The van der Waals surface area contributed by atoms with Crippen molar-refractivity contribution in [1.82, 2.24) is 10.3 Å². The highest BCUT2D eigenvalue weighted by Gasteiger charge is 2.30. The number of nitrogens with one attached hydrogen (secondary N) is 1. The Kier molecular flexibility index (Phi) is 6.47. The van der Waals surface area contributed by atoms with E-state index in [0.29, 0.717) is 12.6 Å². The van der Waals surface area contributed by atoms with Crippen LogP contribution in [0.3, 0.4) is 0 Å². The number of amides is 1. The molecular weight excluding hydrogens is 218 g/mol. The maximum atomic E-state index is 11.8. The summed E-state index contributed by atoms with van der Waals surface area (Å²) in [6, 6.07) is 0.226. The number of likely N-dealkylation sites (N-methyl/N-ethyl adjacent to an activating group) is 1. The Bertz CT molecular complexity index is 230. The lowest BCUT2D eigenvalue weighted by Gasteiger charge is -2.38. The Hall–Kier alpha value is -0.650. The molecule has 5 nitrogen and oxygen atoms in total. The van der Waals surface area contributed by atoms with Crippen molar-refractivity contribution in [3.05, 3.63) is 0 Å². The molecule has 3 N–H and O–H groups in total. The van der Waals surface area contributed by atoms with Crippen LogP contribution in [0.15, 0.2) is 0 Å². The average Bonchev–Trinajstić information content (AvgIpc) is 2.39. The lowest BCUT2D eigenvalue weighted by Crippen LogP contribution is -2.55. The first-order valence-corrected chi connectivity index (χ1v) is 6.49. The summed E-state index contributed by atoms with van der Waals surface area (Å²) in [6.07, 6.45) is 6.17. The molecule has 1 fully saturated rings. The van der Waals surface area contributed by atoms with Crippen LogP contribution in [0.1, 0.15) is 39.0 Å². The zero-order chi connectivity index (χ0) is 12.7. The van der Waals surface area contributed by atoms with Crippen molar-refractivity contribution in [3.63, 3.8) is 0 Å². The summed E-state index contributed by atoms with van der Waals surface area (Å²) in [4.78, 5) is 14.0.